The summed E-state index contributed by atoms with van der Waals surface area (Å²) in [7, 11) is 3.12. The smallest absolute Gasteiger partial charge is 0.292 e. The maximum absolute atomic E-state index is 11.1. The first-order valence-electron chi connectivity index (χ1n) is 8.36. The van der Waals surface area contributed by atoms with Crippen molar-refractivity contribution in [3.63, 3.8) is 0 Å². The first-order chi connectivity index (χ1) is 14.1. The van der Waals surface area contributed by atoms with Crippen LogP contribution in [0.15, 0.2) is 54.0 Å². The molecule has 0 aliphatic carbocycles. The molecule has 0 amide bonds. The van der Waals surface area contributed by atoms with E-state index in [1.54, 1.807) is 44.6 Å². The number of methoxy groups -OCH3 is 2. The second-order valence-corrected chi connectivity index (χ2v) is 6.55. The summed E-state index contributed by atoms with van der Waals surface area (Å²) in [4.78, 5) is 15.1. The minimum Gasteiger partial charge on any atom is -0.493 e. The van der Waals surface area contributed by atoms with Gasteiger partial charge in [0.1, 0.15) is 22.3 Å². The number of anilines is 1. The first kappa shape index (κ1) is 19.9. The second-order valence-electron chi connectivity index (χ2n) is 5.70. The van der Waals surface area contributed by atoms with Crippen LogP contribution in [0.2, 0.25) is 0 Å². The molecule has 146 valence electrons. The zero-order valence-electron chi connectivity index (χ0n) is 15.6. The van der Waals surface area contributed by atoms with Crippen molar-refractivity contribution in [1.29, 1.82) is 5.26 Å². The highest BCUT2D eigenvalue weighted by atomic mass is 32.1. The lowest BCUT2D eigenvalue weighted by Gasteiger charge is -2.08. The van der Waals surface area contributed by atoms with Gasteiger partial charge in [0.15, 0.2) is 11.5 Å². The van der Waals surface area contributed by atoms with Gasteiger partial charge in [0, 0.05) is 23.2 Å². The lowest BCUT2D eigenvalue weighted by atomic mass is 10.1. The van der Waals surface area contributed by atoms with E-state index < -0.39 is 4.92 Å². The maximum Gasteiger partial charge on any atom is 0.292 e. The molecule has 3 aromatic rings. The van der Waals surface area contributed by atoms with Crippen molar-refractivity contribution in [3.8, 4) is 28.8 Å². The Hall–Kier alpha value is -3.90. The molecule has 9 heteroatoms. The van der Waals surface area contributed by atoms with Crippen LogP contribution >= 0.6 is 11.3 Å². The summed E-state index contributed by atoms with van der Waals surface area (Å²) >= 11 is 1.30. The largest absolute Gasteiger partial charge is 0.493 e. The van der Waals surface area contributed by atoms with E-state index >= 15 is 0 Å². The average Bonchev–Trinajstić information content (AvgIpc) is 3.24. The van der Waals surface area contributed by atoms with Gasteiger partial charge >= 0.3 is 0 Å². The van der Waals surface area contributed by atoms with Crippen LogP contribution in [0.3, 0.4) is 0 Å². The van der Waals surface area contributed by atoms with Gasteiger partial charge in [-0.1, -0.05) is 12.1 Å². The van der Waals surface area contributed by atoms with Gasteiger partial charge in [-0.3, -0.25) is 10.1 Å². The molecule has 0 radical (unpaired) electrons. The Kier molecular flexibility index (Phi) is 6.06. The molecule has 0 saturated heterocycles. The molecule has 0 aliphatic heterocycles. The molecule has 29 heavy (non-hydrogen) atoms. The molecule has 2 aromatic carbocycles. The minimum atomic E-state index is -0.485. The number of nitrogens with one attached hydrogen (secondary N) is 1. The Balaban J connectivity index is 1.88. The molecule has 0 aliphatic rings. The number of thiazole rings is 1. The highest BCUT2D eigenvalue weighted by Gasteiger charge is 2.14. The van der Waals surface area contributed by atoms with Crippen molar-refractivity contribution >= 4 is 28.3 Å². The Bertz CT molecular complexity index is 1120. The number of aromatic nitrogens is 1. The molecule has 1 aromatic heterocycles. The summed E-state index contributed by atoms with van der Waals surface area (Å²) in [6, 6.07) is 13.7. The van der Waals surface area contributed by atoms with E-state index in [9.17, 15) is 15.4 Å². The summed E-state index contributed by atoms with van der Waals surface area (Å²) in [5, 5.41) is 25.8. The van der Waals surface area contributed by atoms with Crippen LogP contribution in [0.1, 0.15) is 5.01 Å². The van der Waals surface area contributed by atoms with Gasteiger partial charge in [0.25, 0.3) is 5.69 Å². The van der Waals surface area contributed by atoms with Crippen LogP contribution in [0.5, 0.6) is 11.5 Å². The van der Waals surface area contributed by atoms with Crippen molar-refractivity contribution in [2.24, 2.45) is 0 Å². The van der Waals surface area contributed by atoms with Gasteiger partial charge < -0.3 is 14.8 Å². The Morgan fingerprint density at radius 1 is 1.24 bits per heavy atom. The van der Waals surface area contributed by atoms with E-state index in [2.05, 4.69) is 16.4 Å². The third-order valence-electron chi connectivity index (χ3n) is 4.01. The summed E-state index contributed by atoms with van der Waals surface area (Å²) in [6.07, 6.45) is 1.42. The number of rotatable bonds is 7. The van der Waals surface area contributed by atoms with Crippen molar-refractivity contribution in [2.75, 3.05) is 19.5 Å². The molecule has 8 nitrogen and oxygen atoms in total. The fourth-order valence-electron chi connectivity index (χ4n) is 2.57. The van der Waals surface area contributed by atoms with Gasteiger partial charge in [-0.25, -0.2) is 4.98 Å². The predicted octanol–water partition coefficient (Wildman–Crippen LogP) is 4.71. The van der Waals surface area contributed by atoms with E-state index in [1.165, 1.54) is 23.6 Å². The average molecular weight is 408 g/mol. The van der Waals surface area contributed by atoms with Crippen LogP contribution in [0.25, 0.3) is 16.8 Å². The molecule has 0 spiro atoms. The van der Waals surface area contributed by atoms with E-state index in [-0.39, 0.29) is 11.3 Å². The first-order valence-corrected chi connectivity index (χ1v) is 9.24. The summed E-state index contributed by atoms with van der Waals surface area (Å²) < 4.78 is 10.6. The van der Waals surface area contributed by atoms with E-state index in [0.29, 0.717) is 27.9 Å². The highest BCUT2D eigenvalue weighted by Crippen LogP contribution is 2.33. The number of para-hydroxylation sites is 2. The molecule has 0 fully saturated rings. The zero-order valence-corrected chi connectivity index (χ0v) is 16.4. The van der Waals surface area contributed by atoms with Crippen LogP contribution in [-0.4, -0.2) is 24.1 Å². The van der Waals surface area contributed by atoms with Gasteiger partial charge in [-0.15, -0.1) is 11.3 Å². The summed E-state index contributed by atoms with van der Waals surface area (Å²) in [5.74, 6) is 1.19. The minimum absolute atomic E-state index is 0.0776. The Morgan fingerprint density at radius 2 is 2.00 bits per heavy atom. The van der Waals surface area contributed by atoms with E-state index in [0.717, 1.165) is 5.56 Å². The monoisotopic (exact) mass is 408 g/mol. The number of benzene rings is 2. The number of nitro groups is 1. The fourth-order valence-corrected chi connectivity index (χ4v) is 3.37. The van der Waals surface area contributed by atoms with Crippen LogP contribution in [-0.2, 0) is 0 Å². The second kappa shape index (κ2) is 8.86. The predicted molar refractivity (Wildman–Crippen MR) is 111 cm³/mol. The quantitative estimate of drug-likeness (QED) is 0.342. The maximum atomic E-state index is 11.1. The SMILES string of the molecule is COc1ccc(-c2csc(C(C#N)=CNc3ccccc3[N+](=O)[O-])n2)cc1OC. The van der Waals surface area contributed by atoms with E-state index in [1.807, 2.05) is 11.4 Å². The zero-order chi connectivity index (χ0) is 20.8. The molecule has 0 bridgehead atoms. The van der Waals surface area contributed by atoms with Gasteiger partial charge in [0.05, 0.1) is 24.8 Å². The Labute approximate surface area is 170 Å². The van der Waals surface area contributed by atoms with Crippen molar-refractivity contribution in [2.45, 2.75) is 0 Å². The van der Waals surface area contributed by atoms with Crippen molar-refractivity contribution in [1.82, 2.24) is 4.98 Å². The lowest BCUT2D eigenvalue weighted by Crippen LogP contribution is -1.96. The van der Waals surface area contributed by atoms with Crippen LogP contribution in [0, 0.1) is 21.4 Å². The number of nitrogens with zero attached hydrogens (tertiary/aromatic N) is 3. The number of hydrogen-bond donors (Lipinski definition) is 1. The number of allylic oxidation sites excluding steroid dienone is 1. The number of ether oxygens (including phenoxy) is 2. The number of nitriles is 1. The fraction of sp³-hybridized carbons (Fsp3) is 0.100. The van der Waals surface area contributed by atoms with Crippen LogP contribution in [0.4, 0.5) is 11.4 Å². The summed E-state index contributed by atoms with van der Waals surface area (Å²) in [5.41, 5.74) is 1.97. The van der Waals surface area contributed by atoms with E-state index in [4.69, 9.17) is 9.47 Å². The number of hydrogen-bond acceptors (Lipinski definition) is 8. The standard InChI is InChI=1S/C20H16N4O4S/c1-27-18-8-7-13(9-19(18)28-2)16-12-29-20(23-16)14(10-21)11-22-15-5-3-4-6-17(15)24(25)26/h3-9,11-12,22H,1-2H3. The van der Waals surface area contributed by atoms with Crippen LogP contribution < -0.4 is 14.8 Å². The molecule has 0 saturated carbocycles. The number of nitro benzene ring substituents is 1. The third-order valence-corrected chi connectivity index (χ3v) is 4.88. The molecular weight excluding hydrogens is 392 g/mol. The highest BCUT2D eigenvalue weighted by molar-refractivity contribution is 7.11. The molecule has 3 rings (SSSR count). The lowest BCUT2D eigenvalue weighted by molar-refractivity contribution is -0.383. The van der Waals surface area contributed by atoms with Crippen molar-refractivity contribution in [3.05, 3.63) is 69.2 Å². The van der Waals surface area contributed by atoms with Gasteiger partial charge in [-0.05, 0) is 24.3 Å². The molecular formula is C20H16N4O4S. The molecule has 1 N–H and O–H groups in total. The molecule has 0 unspecified atom stereocenters. The van der Waals surface area contributed by atoms with Gasteiger partial charge in [-0.2, -0.15) is 5.26 Å². The molecule has 0 atom stereocenters. The third kappa shape index (κ3) is 4.34. The normalized spacial score (nSPS) is 10.9. The Morgan fingerprint density at radius 3 is 2.69 bits per heavy atom. The van der Waals surface area contributed by atoms with Crippen molar-refractivity contribution < 1.29 is 14.4 Å². The van der Waals surface area contributed by atoms with Gasteiger partial charge in [0.2, 0.25) is 0 Å². The summed E-state index contributed by atoms with van der Waals surface area (Å²) in [6.45, 7) is 0. The topological polar surface area (TPSA) is 110 Å². The molecule has 1 heterocycles.